The molecule has 0 spiro atoms. The van der Waals surface area contributed by atoms with Crippen LogP contribution in [-0.2, 0) is 20.9 Å². The summed E-state index contributed by atoms with van der Waals surface area (Å²) in [6, 6.07) is 24.9. The number of carbonyl (C=O) groups excluding carboxylic acids is 2. The summed E-state index contributed by atoms with van der Waals surface area (Å²) >= 11 is 0. The molecule has 6 nitrogen and oxygen atoms in total. The number of anilines is 1. The van der Waals surface area contributed by atoms with Gasteiger partial charge in [-0.2, -0.15) is 0 Å². The van der Waals surface area contributed by atoms with Crippen LogP contribution in [0.2, 0.25) is 0 Å². The number of fused-ring (bicyclic) bond motifs is 3. The van der Waals surface area contributed by atoms with E-state index in [-0.39, 0.29) is 12.5 Å². The van der Waals surface area contributed by atoms with Crippen LogP contribution >= 0.6 is 0 Å². The van der Waals surface area contributed by atoms with E-state index in [9.17, 15) is 9.59 Å². The number of ether oxygens (including phenoxy) is 1. The van der Waals surface area contributed by atoms with Gasteiger partial charge in [0.2, 0.25) is 11.9 Å². The fourth-order valence-corrected chi connectivity index (χ4v) is 4.62. The van der Waals surface area contributed by atoms with E-state index in [1.54, 1.807) is 11.8 Å². The minimum atomic E-state index is -1.01. The lowest BCUT2D eigenvalue weighted by Gasteiger charge is -2.38. The molecule has 33 heavy (non-hydrogen) atoms. The lowest BCUT2D eigenvalue weighted by molar-refractivity contribution is -0.153. The summed E-state index contributed by atoms with van der Waals surface area (Å²) in [5, 5.41) is 0. The molecule has 0 saturated carbocycles. The highest BCUT2D eigenvalue weighted by Gasteiger charge is 2.47. The van der Waals surface area contributed by atoms with Gasteiger partial charge in [-0.1, -0.05) is 72.3 Å². The molecular weight excluding hydrogens is 414 g/mol. The molecule has 0 bridgehead atoms. The molecule has 0 radical (unpaired) electrons. The number of benzene rings is 3. The van der Waals surface area contributed by atoms with E-state index >= 15 is 0 Å². The Hall–Kier alpha value is -3.93. The second-order valence-electron chi connectivity index (χ2n) is 8.27. The maximum Gasteiger partial charge on any atom is 0.321 e. The first-order valence-electron chi connectivity index (χ1n) is 11.1. The van der Waals surface area contributed by atoms with Crippen LogP contribution in [0.25, 0.3) is 11.0 Å². The van der Waals surface area contributed by atoms with E-state index in [4.69, 9.17) is 9.72 Å². The van der Waals surface area contributed by atoms with Crippen molar-refractivity contribution in [3.63, 3.8) is 0 Å². The van der Waals surface area contributed by atoms with Crippen molar-refractivity contribution in [1.29, 1.82) is 0 Å². The normalized spacial score (nSPS) is 17.8. The molecule has 5 rings (SSSR count). The average molecular weight is 440 g/mol. The first kappa shape index (κ1) is 20.9. The first-order valence-corrected chi connectivity index (χ1v) is 11.1. The Balaban J connectivity index is 1.76. The minimum absolute atomic E-state index is 0.208. The molecule has 0 saturated heterocycles. The largest absolute Gasteiger partial charge is 0.465 e. The predicted molar refractivity (Wildman–Crippen MR) is 127 cm³/mol. The molecule has 1 aliphatic heterocycles. The molecule has 0 N–H and O–H groups in total. The molecular formula is C27H25N3O3. The molecule has 0 aliphatic carbocycles. The van der Waals surface area contributed by atoms with Gasteiger partial charge in [0, 0.05) is 0 Å². The molecule has 3 aromatic carbocycles. The van der Waals surface area contributed by atoms with Crippen LogP contribution in [0.15, 0.2) is 78.9 Å². The summed E-state index contributed by atoms with van der Waals surface area (Å²) < 4.78 is 7.44. The smallest absolute Gasteiger partial charge is 0.321 e. The van der Waals surface area contributed by atoms with Crippen molar-refractivity contribution in [2.75, 3.05) is 11.5 Å². The number of hydrogen-bond acceptors (Lipinski definition) is 4. The van der Waals surface area contributed by atoms with Crippen molar-refractivity contribution in [3.05, 3.63) is 95.6 Å². The molecule has 1 amide bonds. The van der Waals surface area contributed by atoms with Gasteiger partial charge in [-0.25, -0.2) is 4.98 Å². The molecule has 6 heteroatoms. The molecule has 0 fully saturated rings. The molecule has 4 aromatic rings. The Bertz CT molecular complexity index is 1330. The molecule has 1 aliphatic rings. The average Bonchev–Trinajstić information content (AvgIpc) is 3.20. The SMILES string of the molecule is CCOC(=O)[C@H]1C(=O)N(Cc2ccccc2)c2nc3ccccc3n2[C@@H]1c1cccc(C)c1. The van der Waals surface area contributed by atoms with Crippen LogP contribution in [0.3, 0.4) is 0 Å². The number of hydrogen-bond donors (Lipinski definition) is 0. The van der Waals surface area contributed by atoms with Gasteiger partial charge in [-0.05, 0) is 37.1 Å². The van der Waals surface area contributed by atoms with Crippen molar-refractivity contribution in [3.8, 4) is 0 Å². The fraction of sp³-hybridized carbons (Fsp3) is 0.222. The Labute approximate surface area is 192 Å². The van der Waals surface area contributed by atoms with E-state index in [1.807, 2.05) is 90.4 Å². The van der Waals surface area contributed by atoms with Gasteiger partial charge in [-0.15, -0.1) is 0 Å². The van der Waals surface area contributed by atoms with Gasteiger partial charge in [0.25, 0.3) is 0 Å². The summed E-state index contributed by atoms with van der Waals surface area (Å²) in [5.74, 6) is -1.29. The molecule has 1 aromatic heterocycles. The Morgan fingerprint density at radius 3 is 2.52 bits per heavy atom. The van der Waals surface area contributed by atoms with Crippen molar-refractivity contribution in [2.45, 2.75) is 26.4 Å². The summed E-state index contributed by atoms with van der Waals surface area (Å²) in [7, 11) is 0. The topological polar surface area (TPSA) is 64.4 Å². The molecule has 2 atom stereocenters. The van der Waals surface area contributed by atoms with Crippen LogP contribution < -0.4 is 4.90 Å². The Morgan fingerprint density at radius 1 is 1.00 bits per heavy atom. The first-order chi connectivity index (χ1) is 16.1. The zero-order valence-corrected chi connectivity index (χ0v) is 18.6. The van der Waals surface area contributed by atoms with Gasteiger partial charge in [-0.3, -0.25) is 14.5 Å². The highest BCUT2D eigenvalue weighted by atomic mass is 16.5. The third-order valence-corrected chi connectivity index (χ3v) is 6.05. The zero-order valence-electron chi connectivity index (χ0n) is 18.6. The van der Waals surface area contributed by atoms with Crippen molar-refractivity contribution in [2.24, 2.45) is 5.92 Å². The highest BCUT2D eigenvalue weighted by Crippen LogP contribution is 2.41. The molecule has 0 unspecified atom stereocenters. The van der Waals surface area contributed by atoms with Crippen LogP contribution in [0.1, 0.15) is 29.7 Å². The van der Waals surface area contributed by atoms with Crippen molar-refractivity contribution >= 4 is 28.9 Å². The van der Waals surface area contributed by atoms with Crippen LogP contribution in [0.4, 0.5) is 5.95 Å². The maximum atomic E-state index is 13.9. The van der Waals surface area contributed by atoms with Gasteiger partial charge in [0.05, 0.1) is 30.2 Å². The fourth-order valence-electron chi connectivity index (χ4n) is 4.62. The van der Waals surface area contributed by atoms with E-state index in [2.05, 4.69) is 0 Å². The van der Waals surface area contributed by atoms with E-state index in [0.29, 0.717) is 12.5 Å². The van der Waals surface area contributed by atoms with E-state index < -0.39 is 17.9 Å². The summed E-state index contributed by atoms with van der Waals surface area (Å²) in [6.45, 7) is 4.29. The van der Waals surface area contributed by atoms with E-state index in [1.165, 1.54) is 0 Å². The van der Waals surface area contributed by atoms with Crippen LogP contribution in [0, 0.1) is 12.8 Å². The highest BCUT2D eigenvalue weighted by molar-refractivity contribution is 6.08. The second kappa shape index (κ2) is 8.54. The second-order valence-corrected chi connectivity index (χ2v) is 8.27. The number of amides is 1. The number of aromatic nitrogens is 2. The summed E-state index contributed by atoms with van der Waals surface area (Å²) in [6.07, 6.45) is 0. The van der Waals surface area contributed by atoms with Crippen molar-refractivity contribution < 1.29 is 14.3 Å². The third-order valence-electron chi connectivity index (χ3n) is 6.05. The number of para-hydroxylation sites is 2. The third kappa shape index (κ3) is 3.67. The lowest BCUT2D eigenvalue weighted by atomic mass is 9.88. The number of carbonyl (C=O) groups is 2. The number of rotatable bonds is 5. The van der Waals surface area contributed by atoms with Gasteiger partial charge < -0.3 is 9.30 Å². The molecule has 166 valence electrons. The van der Waals surface area contributed by atoms with Gasteiger partial charge in [0.15, 0.2) is 5.92 Å². The Morgan fingerprint density at radius 2 is 1.76 bits per heavy atom. The van der Waals surface area contributed by atoms with Crippen molar-refractivity contribution in [1.82, 2.24) is 9.55 Å². The van der Waals surface area contributed by atoms with Gasteiger partial charge in [0.1, 0.15) is 0 Å². The van der Waals surface area contributed by atoms with E-state index in [0.717, 1.165) is 27.7 Å². The summed E-state index contributed by atoms with van der Waals surface area (Å²) in [5.41, 5.74) is 4.55. The van der Waals surface area contributed by atoms with Crippen LogP contribution in [0.5, 0.6) is 0 Å². The molecule has 2 heterocycles. The minimum Gasteiger partial charge on any atom is -0.465 e. The monoisotopic (exact) mass is 439 g/mol. The Kier molecular flexibility index (Phi) is 5.42. The zero-order chi connectivity index (χ0) is 22.9. The predicted octanol–water partition coefficient (Wildman–Crippen LogP) is 4.66. The maximum absolute atomic E-state index is 13.9. The van der Waals surface area contributed by atoms with Gasteiger partial charge >= 0.3 is 5.97 Å². The quantitative estimate of drug-likeness (QED) is 0.335. The van der Waals surface area contributed by atoms with Crippen LogP contribution in [-0.4, -0.2) is 28.0 Å². The number of aryl methyl sites for hydroxylation is 1. The lowest BCUT2D eigenvalue weighted by Crippen LogP contribution is -2.49. The number of esters is 1. The standard InChI is InChI=1S/C27H25N3O3/c1-3-33-26(32)23-24(20-13-9-10-18(2)16-20)30-22-15-8-7-14-21(22)28-27(30)29(25(23)31)17-19-11-5-4-6-12-19/h4-16,23-24H,3,17H2,1-2H3/t23-,24-/m1/s1. The number of imidazole rings is 1. The number of nitrogens with zero attached hydrogens (tertiary/aromatic N) is 3. The summed E-state index contributed by atoms with van der Waals surface area (Å²) in [4.78, 5) is 33.6.